The first-order chi connectivity index (χ1) is 14.5. The molecule has 1 aromatic carbocycles. The summed E-state index contributed by atoms with van der Waals surface area (Å²) < 4.78 is 32.8. The Morgan fingerprint density at radius 3 is 2.55 bits per heavy atom. The second-order valence-corrected chi connectivity index (χ2v) is 9.28. The molecule has 0 aliphatic rings. The van der Waals surface area contributed by atoms with Crippen molar-refractivity contribution in [3.05, 3.63) is 52.4 Å². The molecule has 9 heteroatoms. The van der Waals surface area contributed by atoms with Crippen molar-refractivity contribution in [1.29, 1.82) is 5.26 Å². The van der Waals surface area contributed by atoms with Gasteiger partial charge in [-0.15, -0.1) is 0 Å². The number of hydrogen-bond acceptors (Lipinski definition) is 5. The number of carbonyl (C=O) groups excluding carboxylic acids is 1. The molecular weight excluding hydrogens is 416 g/mol. The van der Waals surface area contributed by atoms with E-state index in [0.717, 1.165) is 23.2 Å². The molecule has 0 saturated heterocycles. The topological polar surface area (TPSA) is 113 Å². The molecule has 166 valence electrons. The number of benzene rings is 1. The van der Waals surface area contributed by atoms with Crippen LogP contribution in [0.5, 0.6) is 0 Å². The molecule has 0 aliphatic carbocycles. The van der Waals surface area contributed by atoms with Gasteiger partial charge in [0.2, 0.25) is 10.0 Å². The van der Waals surface area contributed by atoms with E-state index in [4.69, 9.17) is 4.74 Å². The minimum absolute atomic E-state index is 0.0576. The molecule has 1 heterocycles. The van der Waals surface area contributed by atoms with E-state index in [-0.39, 0.29) is 11.6 Å². The number of sulfonamides is 1. The number of nitrogens with one attached hydrogen (secondary N) is 2. The molecule has 2 aromatic rings. The third-order valence-electron chi connectivity index (χ3n) is 4.83. The third kappa shape index (κ3) is 6.20. The smallest absolute Gasteiger partial charge is 0.266 e. The molecule has 0 spiro atoms. The van der Waals surface area contributed by atoms with E-state index in [1.165, 1.54) is 6.07 Å². The highest BCUT2D eigenvalue weighted by Crippen LogP contribution is 2.24. The second kappa shape index (κ2) is 9.81. The Morgan fingerprint density at radius 2 is 1.97 bits per heavy atom. The number of amides is 1. The van der Waals surface area contributed by atoms with Crippen LogP contribution in [-0.2, 0) is 19.6 Å². The fourth-order valence-corrected chi connectivity index (χ4v) is 4.07. The summed E-state index contributed by atoms with van der Waals surface area (Å²) >= 11 is 0. The molecule has 0 aliphatic heterocycles. The number of methoxy groups -OCH3 is 1. The van der Waals surface area contributed by atoms with Gasteiger partial charge in [-0.05, 0) is 63.1 Å². The molecular formula is C22H28N4O4S. The van der Waals surface area contributed by atoms with Gasteiger partial charge in [-0.3, -0.25) is 9.52 Å². The minimum atomic E-state index is -3.46. The number of nitrogens with zero attached hydrogens (tertiary/aromatic N) is 2. The Labute approximate surface area is 183 Å². The van der Waals surface area contributed by atoms with Gasteiger partial charge in [0, 0.05) is 24.2 Å². The average Bonchev–Trinajstić information content (AvgIpc) is 2.94. The standard InChI is InChI=1S/C22H28N4O4S/c1-14-7-8-20(11-21(14)25-31(6,28)29)24-22(27)19(12-23)10-18-9-15(2)26(17(18)4)16(3)13-30-5/h7-11,16,25H,13H2,1-6H3,(H,24,27)/b19-10-. The number of nitriles is 1. The van der Waals surface area contributed by atoms with Crippen LogP contribution in [0.1, 0.15) is 35.5 Å². The molecule has 0 bridgehead atoms. The van der Waals surface area contributed by atoms with Crippen molar-refractivity contribution >= 4 is 33.4 Å². The fraction of sp³-hybridized carbons (Fsp3) is 0.364. The van der Waals surface area contributed by atoms with Crippen LogP contribution in [0.2, 0.25) is 0 Å². The van der Waals surface area contributed by atoms with Crippen molar-refractivity contribution in [1.82, 2.24) is 4.57 Å². The molecule has 0 fully saturated rings. The Morgan fingerprint density at radius 1 is 1.29 bits per heavy atom. The van der Waals surface area contributed by atoms with Crippen LogP contribution >= 0.6 is 0 Å². The fourth-order valence-electron chi connectivity index (χ4n) is 3.45. The monoisotopic (exact) mass is 444 g/mol. The normalized spacial score (nSPS) is 12.9. The van der Waals surface area contributed by atoms with Gasteiger partial charge < -0.3 is 14.6 Å². The maximum atomic E-state index is 12.7. The SMILES string of the molecule is COCC(C)n1c(C)cc(/C=C(/C#N)C(=O)Nc2ccc(C)c(NS(C)(=O)=O)c2)c1C. The van der Waals surface area contributed by atoms with E-state index >= 15 is 0 Å². The highest BCUT2D eigenvalue weighted by Gasteiger charge is 2.16. The van der Waals surface area contributed by atoms with Crippen molar-refractivity contribution in [3.8, 4) is 6.07 Å². The Bertz CT molecular complexity index is 1160. The van der Waals surface area contributed by atoms with Crippen LogP contribution in [-0.4, -0.2) is 38.9 Å². The van der Waals surface area contributed by atoms with Gasteiger partial charge in [0.25, 0.3) is 5.91 Å². The summed E-state index contributed by atoms with van der Waals surface area (Å²) in [5, 5.41) is 12.2. The lowest BCUT2D eigenvalue weighted by Gasteiger charge is -2.17. The summed E-state index contributed by atoms with van der Waals surface area (Å²) in [7, 11) is -1.82. The van der Waals surface area contributed by atoms with Crippen molar-refractivity contribution < 1.29 is 17.9 Å². The molecule has 1 unspecified atom stereocenters. The van der Waals surface area contributed by atoms with Gasteiger partial charge in [0.15, 0.2) is 0 Å². The zero-order valence-electron chi connectivity index (χ0n) is 18.6. The third-order valence-corrected chi connectivity index (χ3v) is 5.42. The highest BCUT2D eigenvalue weighted by atomic mass is 32.2. The van der Waals surface area contributed by atoms with Gasteiger partial charge in [-0.25, -0.2) is 8.42 Å². The molecule has 2 N–H and O–H groups in total. The number of hydrogen-bond donors (Lipinski definition) is 2. The Balaban J connectivity index is 2.31. The van der Waals surface area contributed by atoms with Crippen LogP contribution in [0.25, 0.3) is 6.08 Å². The summed E-state index contributed by atoms with van der Waals surface area (Å²) in [5.41, 5.74) is 4.09. The molecule has 1 aromatic heterocycles. The van der Waals surface area contributed by atoms with Gasteiger partial charge in [0.05, 0.1) is 24.6 Å². The second-order valence-electron chi connectivity index (χ2n) is 7.53. The quantitative estimate of drug-likeness (QED) is 0.478. The first kappa shape index (κ1) is 24.2. The number of rotatable bonds is 8. The van der Waals surface area contributed by atoms with Gasteiger partial charge in [-0.2, -0.15) is 5.26 Å². The highest BCUT2D eigenvalue weighted by molar-refractivity contribution is 7.92. The summed E-state index contributed by atoms with van der Waals surface area (Å²) in [6.07, 6.45) is 2.61. The zero-order valence-corrected chi connectivity index (χ0v) is 19.4. The van der Waals surface area contributed by atoms with Crippen molar-refractivity contribution in [2.24, 2.45) is 0 Å². The Hall–Kier alpha value is -3.09. The van der Waals surface area contributed by atoms with Crippen molar-refractivity contribution in [3.63, 3.8) is 0 Å². The van der Waals surface area contributed by atoms with Crippen LogP contribution < -0.4 is 10.0 Å². The summed E-state index contributed by atoms with van der Waals surface area (Å²) in [6.45, 7) is 8.23. The molecule has 0 radical (unpaired) electrons. The summed E-state index contributed by atoms with van der Waals surface area (Å²) in [4.78, 5) is 12.7. The van der Waals surface area contributed by atoms with Crippen LogP contribution in [0.15, 0.2) is 29.8 Å². The summed E-state index contributed by atoms with van der Waals surface area (Å²) in [6, 6.07) is 8.83. The van der Waals surface area contributed by atoms with E-state index in [2.05, 4.69) is 14.6 Å². The lowest BCUT2D eigenvalue weighted by Crippen LogP contribution is -2.15. The lowest BCUT2D eigenvalue weighted by molar-refractivity contribution is -0.112. The van der Waals surface area contributed by atoms with Crippen LogP contribution in [0.3, 0.4) is 0 Å². The molecule has 1 atom stereocenters. The molecule has 8 nitrogen and oxygen atoms in total. The molecule has 2 rings (SSSR count). The van der Waals surface area contributed by atoms with Crippen LogP contribution in [0.4, 0.5) is 11.4 Å². The average molecular weight is 445 g/mol. The van der Waals surface area contributed by atoms with E-state index in [0.29, 0.717) is 23.5 Å². The Kier molecular flexibility index (Phi) is 7.65. The van der Waals surface area contributed by atoms with E-state index in [1.54, 1.807) is 32.2 Å². The van der Waals surface area contributed by atoms with Crippen LogP contribution in [0, 0.1) is 32.1 Å². The lowest BCUT2D eigenvalue weighted by atomic mass is 10.1. The maximum Gasteiger partial charge on any atom is 0.266 e. The minimum Gasteiger partial charge on any atom is -0.383 e. The maximum absolute atomic E-state index is 12.7. The molecule has 1 amide bonds. The van der Waals surface area contributed by atoms with E-state index in [1.807, 2.05) is 32.9 Å². The first-order valence-electron chi connectivity index (χ1n) is 9.65. The number of anilines is 2. The predicted octanol–water partition coefficient (Wildman–Crippen LogP) is 3.54. The van der Waals surface area contributed by atoms with E-state index < -0.39 is 15.9 Å². The number of ether oxygens (including phenoxy) is 1. The molecule has 0 saturated carbocycles. The number of aromatic nitrogens is 1. The van der Waals surface area contributed by atoms with E-state index in [9.17, 15) is 18.5 Å². The van der Waals surface area contributed by atoms with Gasteiger partial charge >= 0.3 is 0 Å². The van der Waals surface area contributed by atoms with Gasteiger partial charge in [0.1, 0.15) is 11.6 Å². The predicted molar refractivity (Wildman–Crippen MR) is 122 cm³/mol. The first-order valence-corrected chi connectivity index (χ1v) is 11.5. The van der Waals surface area contributed by atoms with Gasteiger partial charge in [-0.1, -0.05) is 6.07 Å². The number of carbonyl (C=O) groups is 1. The van der Waals surface area contributed by atoms with Crippen molar-refractivity contribution in [2.45, 2.75) is 33.7 Å². The number of aryl methyl sites for hydroxylation is 2. The molecule has 31 heavy (non-hydrogen) atoms. The zero-order chi connectivity index (χ0) is 23.3. The summed E-state index contributed by atoms with van der Waals surface area (Å²) in [5.74, 6) is -0.577. The van der Waals surface area contributed by atoms with Crippen molar-refractivity contribution in [2.75, 3.05) is 30.0 Å². The largest absolute Gasteiger partial charge is 0.383 e.